The third kappa shape index (κ3) is 3.86. The van der Waals surface area contributed by atoms with Crippen LogP contribution in [0.5, 0.6) is 0 Å². The summed E-state index contributed by atoms with van der Waals surface area (Å²) in [6, 6.07) is 16.4. The van der Waals surface area contributed by atoms with E-state index in [1.54, 1.807) is 42.8 Å². The van der Waals surface area contributed by atoms with E-state index in [0.717, 1.165) is 11.8 Å². The average molecular weight is 408 g/mol. The quantitative estimate of drug-likeness (QED) is 0.674. The molecule has 0 aliphatic carbocycles. The van der Waals surface area contributed by atoms with E-state index in [2.05, 4.69) is 10.8 Å². The largest absolute Gasteiger partial charge is 0.364 e. The molecule has 3 aromatic rings. The maximum atomic E-state index is 12.0. The second-order valence-electron chi connectivity index (χ2n) is 6.72. The highest BCUT2D eigenvalue weighted by atomic mass is 32.2. The van der Waals surface area contributed by atoms with Crippen LogP contribution in [0.25, 0.3) is 22.3 Å². The van der Waals surface area contributed by atoms with Gasteiger partial charge < -0.3 is 10.3 Å². The number of nitrogens with one attached hydrogen (secondary N) is 1. The van der Waals surface area contributed by atoms with Crippen molar-refractivity contribution in [2.45, 2.75) is 6.92 Å². The van der Waals surface area contributed by atoms with Crippen molar-refractivity contribution in [3.63, 3.8) is 0 Å². The Balaban J connectivity index is 2.12. The molecule has 0 bridgehead atoms. The fourth-order valence-corrected chi connectivity index (χ4v) is 3.93. The van der Waals surface area contributed by atoms with Crippen LogP contribution in [-0.4, -0.2) is 25.1 Å². The van der Waals surface area contributed by atoms with E-state index < -0.39 is 15.9 Å². The number of rotatable bonds is 5. The van der Waals surface area contributed by atoms with E-state index in [9.17, 15) is 18.5 Å². The van der Waals surface area contributed by atoms with Crippen LogP contribution >= 0.6 is 0 Å². The second-order valence-corrected chi connectivity index (χ2v) is 8.46. The SMILES string of the molecule is Cc1c(C#N)c(-c2ccc(-c3ccccc3NS(C)(=O)=O)cc2)c(C(N)=O)n1C. The van der Waals surface area contributed by atoms with E-state index in [4.69, 9.17) is 5.73 Å². The summed E-state index contributed by atoms with van der Waals surface area (Å²) in [6.45, 7) is 1.76. The van der Waals surface area contributed by atoms with Crippen molar-refractivity contribution < 1.29 is 13.2 Å². The fourth-order valence-electron chi connectivity index (χ4n) is 3.35. The van der Waals surface area contributed by atoms with Crippen molar-refractivity contribution in [3.05, 3.63) is 65.5 Å². The number of benzene rings is 2. The predicted octanol–water partition coefficient (Wildman–Crippen LogP) is 3.01. The number of amides is 1. The number of nitriles is 1. The van der Waals surface area contributed by atoms with Crippen molar-refractivity contribution in [2.75, 3.05) is 11.0 Å². The molecule has 0 spiro atoms. The number of anilines is 1. The first-order valence-electron chi connectivity index (χ1n) is 8.71. The Labute approximate surface area is 169 Å². The molecule has 0 radical (unpaired) electrons. The lowest BCUT2D eigenvalue weighted by molar-refractivity contribution is 0.0993. The fraction of sp³-hybridized carbons (Fsp3) is 0.143. The maximum Gasteiger partial charge on any atom is 0.266 e. The molecule has 0 saturated heterocycles. The van der Waals surface area contributed by atoms with E-state index in [1.807, 2.05) is 24.3 Å². The smallest absolute Gasteiger partial charge is 0.266 e. The molecule has 0 saturated carbocycles. The first-order valence-corrected chi connectivity index (χ1v) is 10.6. The highest BCUT2D eigenvalue weighted by molar-refractivity contribution is 7.92. The third-order valence-electron chi connectivity index (χ3n) is 4.74. The van der Waals surface area contributed by atoms with Crippen molar-refractivity contribution in [3.8, 4) is 28.3 Å². The van der Waals surface area contributed by atoms with Crippen molar-refractivity contribution >= 4 is 21.6 Å². The molecule has 8 heteroatoms. The number of primary amides is 1. The molecule has 2 aromatic carbocycles. The van der Waals surface area contributed by atoms with E-state index >= 15 is 0 Å². The summed E-state index contributed by atoms with van der Waals surface area (Å²) in [4.78, 5) is 12.0. The van der Waals surface area contributed by atoms with Crippen LogP contribution in [0.4, 0.5) is 5.69 Å². The van der Waals surface area contributed by atoms with Gasteiger partial charge in [-0.1, -0.05) is 42.5 Å². The van der Waals surface area contributed by atoms with Crippen LogP contribution < -0.4 is 10.5 Å². The van der Waals surface area contributed by atoms with Crippen molar-refractivity contribution in [1.82, 2.24) is 4.57 Å². The Kier molecular flexibility index (Phi) is 5.18. The zero-order chi connectivity index (χ0) is 21.3. The second kappa shape index (κ2) is 7.45. The molecule has 7 nitrogen and oxygen atoms in total. The first kappa shape index (κ1) is 20.2. The minimum atomic E-state index is -3.43. The van der Waals surface area contributed by atoms with Crippen LogP contribution in [0.2, 0.25) is 0 Å². The Morgan fingerprint density at radius 2 is 1.69 bits per heavy atom. The number of para-hydroxylation sites is 1. The van der Waals surface area contributed by atoms with E-state index in [0.29, 0.717) is 33.6 Å². The highest BCUT2D eigenvalue weighted by Crippen LogP contribution is 2.34. The van der Waals surface area contributed by atoms with Gasteiger partial charge in [-0.3, -0.25) is 9.52 Å². The van der Waals surface area contributed by atoms with Gasteiger partial charge in [-0.2, -0.15) is 5.26 Å². The molecule has 0 atom stereocenters. The normalized spacial score (nSPS) is 11.1. The number of aromatic nitrogens is 1. The summed E-state index contributed by atoms with van der Waals surface area (Å²) >= 11 is 0. The number of nitrogens with two attached hydrogens (primary N) is 1. The van der Waals surface area contributed by atoms with Crippen molar-refractivity contribution in [2.24, 2.45) is 12.8 Å². The topological polar surface area (TPSA) is 118 Å². The zero-order valence-corrected chi connectivity index (χ0v) is 17.0. The number of carbonyl (C=O) groups excluding carboxylic acids is 1. The van der Waals surface area contributed by atoms with Gasteiger partial charge in [0.15, 0.2) is 0 Å². The van der Waals surface area contributed by atoms with Gasteiger partial charge in [0.1, 0.15) is 11.8 Å². The molecule has 1 aromatic heterocycles. The van der Waals surface area contributed by atoms with Gasteiger partial charge in [0.25, 0.3) is 5.91 Å². The maximum absolute atomic E-state index is 12.0. The van der Waals surface area contributed by atoms with Crippen LogP contribution in [0.1, 0.15) is 21.7 Å². The molecule has 0 fully saturated rings. The monoisotopic (exact) mass is 408 g/mol. The predicted molar refractivity (Wildman–Crippen MR) is 113 cm³/mol. The highest BCUT2D eigenvalue weighted by Gasteiger charge is 2.23. The molecule has 0 aliphatic heterocycles. The van der Waals surface area contributed by atoms with E-state index in [-0.39, 0.29) is 5.69 Å². The Hall–Kier alpha value is -3.57. The standard InChI is InChI=1S/C21H20N4O3S/c1-13-17(12-22)19(20(21(23)26)25(13)2)15-10-8-14(9-11-15)16-6-4-5-7-18(16)24-29(3,27)28/h4-11,24H,1-3H3,(H2,23,26). The number of nitrogens with zero attached hydrogens (tertiary/aromatic N) is 2. The van der Waals surface area contributed by atoms with Crippen LogP contribution in [0, 0.1) is 18.3 Å². The van der Waals surface area contributed by atoms with Crippen LogP contribution in [0.15, 0.2) is 48.5 Å². The van der Waals surface area contributed by atoms with Gasteiger partial charge in [0, 0.05) is 23.9 Å². The molecule has 1 amide bonds. The molecular formula is C21H20N4O3S. The number of carbonyl (C=O) groups is 1. The lowest BCUT2D eigenvalue weighted by Gasteiger charge is -2.12. The summed E-state index contributed by atoms with van der Waals surface area (Å²) in [6.07, 6.45) is 1.10. The summed E-state index contributed by atoms with van der Waals surface area (Å²) < 4.78 is 27.4. The van der Waals surface area contributed by atoms with E-state index in [1.165, 1.54) is 0 Å². The number of hydrogen-bond acceptors (Lipinski definition) is 4. The number of hydrogen-bond donors (Lipinski definition) is 2. The molecule has 29 heavy (non-hydrogen) atoms. The zero-order valence-electron chi connectivity index (χ0n) is 16.2. The average Bonchev–Trinajstić information content (AvgIpc) is 2.92. The first-order chi connectivity index (χ1) is 13.6. The van der Waals surface area contributed by atoms with Crippen LogP contribution in [-0.2, 0) is 17.1 Å². The molecule has 3 rings (SSSR count). The van der Waals surface area contributed by atoms with Gasteiger partial charge >= 0.3 is 0 Å². The Morgan fingerprint density at radius 3 is 2.24 bits per heavy atom. The summed E-state index contributed by atoms with van der Waals surface area (Å²) in [5.41, 5.74) is 10.0. The van der Waals surface area contributed by atoms with Gasteiger partial charge in [-0.05, 0) is 24.1 Å². The molecule has 0 unspecified atom stereocenters. The Bertz CT molecular complexity index is 1250. The van der Waals surface area contributed by atoms with Gasteiger partial charge in [0.2, 0.25) is 10.0 Å². The molecule has 0 aliphatic rings. The van der Waals surface area contributed by atoms with Crippen LogP contribution in [0.3, 0.4) is 0 Å². The minimum Gasteiger partial charge on any atom is -0.364 e. The third-order valence-corrected chi connectivity index (χ3v) is 5.33. The summed E-state index contributed by atoms with van der Waals surface area (Å²) in [5.74, 6) is -0.612. The minimum absolute atomic E-state index is 0.269. The van der Waals surface area contributed by atoms with Gasteiger partial charge in [-0.25, -0.2) is 8.42 Å². The van der Waals surface area contributed by atoms with Gasteiger partial charge in [0.05, 0.1) is 17.5 Å². The molecule has 148 valence electrons. The molecule has 1 heterocycles. The molecular weight excluding hydrogens is 388 g/mol. The lowest BCUT2D eigenvalue weighted by Crippen LogP contribution is -2.16. The van der Waals surface area contributed by atoms with Crippen molar-refractivity contribution in [1.29, 1.82) is 5.26 Å². The summed E-state index contributed by atoms with van der Waals surface area (Å²) in [5, 5.41) is 9.58. The Morgan fingerprint density at radius 1 is 1.10 bits per heavy atom. The summed E-state index contributed by atoms with van der Waals surface area (Å²) in [7, 11) is -1.73. The van der Waals surface area contributed by atoms with Gasteiger partial charge in [-0.15, -0.1) is 0 Å². The lowest BCUT2D eigenvalue weighted by atomic mass is 9.97. The number of sulfonamides is 1. The molecule has 3 N–H and O–H groups in total.